The highest BCUT2D eigenvalue weighted by Gasteiger charge is 2.64. The number of piperazine rings is 1. The molecule has 2 unspecified atom stereocenters. The van der Waals surface area contributed by atoms with E-state index in [1.165, 1.54) is 25.7 Å². The first-order valence-electron chi connectivity index (χ1n) is 16.7. The smallest absolute Gasteiger partial charge is 0.507 e. The van der Waals surface area contributed by atoms with Crippen LogP contribution in [0.4, 0.5) is 15.3 Å². The van der Waals surface area contributed by atoms with E-state index >= 15 is 0 Å². The van der Waals surface area contributed by atoms with E-state index in [1.807, 2.05) is 55.1 Å². The summed E-state index contributed by atoms with van der Waals surface area (Å²) in [5.74, 6) is 0.217. The Kier molecular flexibility index (Phi) is 8.91. The summed E-state index contributed by atoms with van der Waals surface area (Å²) in [5.41, 5.74) is 3.09. The van der Waals surface area contributed by atoms with Crippen molar-refractivity contribution in [2.45, 2.75) is 89.5 Å². The standard InChI is InChI=1S/C35H47N5O5/c1-25-21-27(22-26(2)32(25)42)24-40(34(44)45)19-12-30(39-14-11-28-7-3-6-10-31(28)36-33(39)43)23-35(40,13-20-41)38-17-15-37(16-18-38)29-8-4-5-9-29/h3,6-7,10,20-22,29-30H,4-5,8-9,11-19,23-24H2,1-2H3,(H2-,36,42,43,44,45)/p+1/t30?,35?,40-/m0/s1. The van der Waals surface area contributed by atoms with Crippen LogP contribution in [0.25, 0.3) is 0 Å². The van der Waals surface area contributed by atoms with E-state index < -0.39 is 11.8 Å². The number of aldehydes is 1. The third kappa shape index (κ3) is 5.72. The monoisotopic (exact) mass is 618 g/mol. The van der Waals surface area contributed by atoms with Gasteiger partial charge in [0.25, 0.3) is 0 Å². The highest BCUT2D eigenvalue weighted by Crippen LogP contribution is 2.45. The lowest BCUT2D eigenvalue weighted by Gasteiger charge is -2.59. The molecule has 4 aliphatic rings. The van der Waals surface area contributed by atoms with E-state index in [-0.39, 0.29) is 41.8 Å². The molecule has 2 aromatic carbocycles. The van der Waals surface area contributed by atoms with Crippen LogP contribution in [-0.4, -0.2) is 105 Å². The molecule has 3 aliphatic heterocycles. The Hall–Kier alpha value is -3.47. The number of likely N-dealkylation sites (tertiary alicyclic amines) is 1. The van der Waals surface area contributed by atoms with Crippen LogP contribution < -0.4 is 5.32 Å². The number of para-hydroxylation sites is 1. The minimum atomic E-state index is -1.04. The van der Waals surface area contributed by atoms with Crippen molar-refractivity contribution in [1.82, 2.24) is 14.7 Å². The number of quaternary nitrogens is 1. The molecular weight excluding hydrogens is 570 g/mol. The maximum Gasteiger partial charge on any atom is 0.515 e. The molecule has 3 amide bonds. The number of amides is 3. The second-order valence-electron chi connectivity index (χ2n) is 13.7. The van der Waals surface area contributed by atoms with Gasteiger partial charge < -0.3 is 25.2 Å². The molecule has 0 bridgehead atoms. The van der Waals surface area contributed by atoms with Gasteiger partial charge in [0.05, 0.1) is 13.0 Å². The second-order valence-corrected chi connectivity index (χ2v) is 13.7. The molecule has 3 N–H and O–H groups in total. The maximum absolute atomic E-state index is 13.8. The third-order valence-electron chi connectivity index (χ3n) is 11.3. The van der Waals surface area contributed by atoms with E-state index in [9.17, 15) is 24.6 Å². The lowest BCUT2D eigenvalue weighted by Crippen LogP contribution is -2.79. The zero-order chi connectivity index (χ0) is 31.8. The Morgan fingerprint density at radius 2 is 1.71 bits per heavy atom. The van der Waals surface area contributed by atoms with Gasteiger partial charge >= 0.3 is 12.1 Å². The SMILES string of the molecule is Cc1cc(C[N@+]2(C(=O)O)CCC(N3CCc4ccccc4NC3=O)CC2(CC=O)N2CCN(C3CCCC3)CC2)cc(C)c1O. The molecule has 3 atom stereocenters. The molecule has 2 aromatic rings. The van der Waals surface area contributed by atoms with Crippen LogP contribution in [0, 0.1) is 13.8 Å². The average Bonchev–Trinajstić information content (AvgIpc) is 3.51. The van der Waals surface area contributed by atoms with E-state index in [0.29, 0.717) is 56.1 Å². The van der Waals surface area contributed by atoms with Crippen molar-refractivity contribution in [1.29, 1.82) is 0 Å². The molecule has 6 rings (SSSR count). The first-order valence-corrected chi connectivity index (χ1v) is 16.7. The summed E-state index contributed by atoms with van der Waals surface area (Å²) < 4.78 is -0.301. The predicted octanol–water partition coefficient (Wildman–Crippen LogP) is 5.10. The summed E-state index contributed by atoms with van der Waals surface area (Å²) in [7, 11) is 0. The molecule has 10 heteroatoms. The molecular formula is C35H48N5O5+. The number of nitrogens with zero attached hydrogens (tertiary/aromatic N) is 4. The molecule has 242 valence electrons. The number of hydrogen-bond acceptors (Lipinski definition) is 6. The number of aromatic hydroxyl groups is 1. The number of phenolic OH excluding ortho intramolecular Hbond substituents is 1. The summed E-state index contributed by atoms with van der Waals surface area (Å²) >= 11 is 0. The van der Waals surface area contributed by atoms with Crippen LogP contribution >= 0.6 is 0 Å². The fourth-order valence-corrected chi connectivity index (χ4v) is 8.95. The predicted molar refractivity (Wildman–Crippen MR) is 172 cm³/mol. The molecule has 3 fully saturated rings. The van der Waals surface area contributed by atoms with Gasteiger partial charge in [0.15, 0.2) is 5.66 Å². The highest BCUT2D eigenvalue weighted by molar-refractivity contribution is 5.91. The molecule has 0 radical (unpaired) electrons. The molecule has 0 aromatic heterocycles. The summed E-state index contributed by atoms with van der Waals surface area (Å²) in [6, 6.07) is 11.8. The molecule has 2 saturated heterocycles. The van der Waals surface area contributed by atoms with Gasteiger partial charge in [-0.15, -0.1) is 0 Å². The number of piperidine rings is 1. The zero-order valence-electron chi connectivity index (χ0n) is 26.7. The van der Waals surface area contributed by atoms with Crippen LogP contribution in [0.15, 0.2) is 36.4 Å². The number of carbonyl (C=O) groups excluding carboxylic acids is 2. The lowest BCUT2D eigenvalue weighted by molar-refractivity contribution is -0.942. The van der Waals surface area contributed by atoms with Crippen LogP contribution in [0.3, 0.4) is 0 Å². The number of aryl methyl sites for hydroxylation is 2. The lowest BCUT2D eigenvalue weighted by atomic mass is 9.82. The Balaban J connectivity index is 1.38. The van der Waals surface area contributed by atoms with Crippen molar-refractivity contribution in [2.75, 3.05) is 44.6 Å². The van der Waals surface area contributed by atoms with E-state index in [2.05, 4.69) is 15.1 Å². The van der Waals surface area contributed by atoms with Gasteiger partial charge in [0.1, 0.15) is 18.6 Å². The summed E-state index contributed by atoms with van der Waals surface area (Å²) in [6.07, 6.45) is 6.54. The van der Waals surface area contributed by atoms with E-state index in [1.54, 1.807) is 0 Å². The second kappa shape index (κ2) is 12.7. The van der Waals surface area contributed by atoms with Crippen molar-refractivity contribution >= 4 is 24.1 Å². The van der Waals surface area contributed by atoms with Crippen LogP contribution in [0.1, 0.15) is 67.2 Å². The topological polar surface area (TPSA) is 113 Å². The Bertz CT molecular complexity index is 1410. The van der Waals surface area contributed by atoms with Crippen LogP contribution in [0.2, 0.25) is 0 Å². The number of carboxylic acid groups (broad SMARTS) is 1. The molecule has 10 nitrogen and oxygen atoms in total. The fraction of sp³-hybridized carbons (Fsp3) is 0.571. The minimum absolute atomic E-state index is 0.0605. The number of anilines is 1. The number of rotatable bonds is 7. The van der Waals surface area contributed by atoms with Gasteiger partial charge in [-0.1, -0.05) is 31.0 Å². The van der Waals surface area contributed by atoms with Crippen LogP contribution in [0.5, 0.6) is 5.75 Å². The number of phenols is 1. The van der Waals surface area contributed by atoms with Gasteiger partial charge in [-0.3, -0.25) is 4.90 Å². The van der Waals surface area contributed by atoms with E-state index in [4.69, 9.17) is 0 Å². The highest BCUT2D eigenvalue weighted by atomic mass is 16.4. The van der Waals surface area contributed by atoms with Crippen molar-refractivity contribution in [3.63, 3.8) is 0 Å². The quantitative estimate of drug-likeness (QED) is 0.292. The van der Waals surface area contributed by atoms with Crippen molar-refractivity contribution in [3.8, 4) is 5.75 Å². The zero-order valence-corrected chi connectivity index (χ0v) is 26.7. The molecule has 0 spiro atoms. The number of fused-ring (bicyclic) bond motifs is 1. The van der Waals surface area contributed by atoms with Crippen LogP contribution in [-0.2, 0) is 17.8 Å². The minimum Gasteiger partial charge on any atom is -0.507 e. The number of benzene rings is 2. The first-order chi connectivity index (χ1) is 21.7. The summed E-state index contributed by atoms with van der Waals surface area (Å²) in [4.78, 5) is 46.9. The number of urea groups is 1. The number of carbonyl (C=O) groups is 3. The van der Waals surface area contributed by atoms with Gasteiger partial charge in [0.2, 0.25) is 0 Å². The first kappa shape index (κ1) is 31.5. The molecule has 1 aliphatic carbocycles. The molecule has 45 heavy (non-hydrogen) atoms. The Labute approximate surface area is 266 Å². The van der Waals surface area contributed by atoms with Gasteiger partial charge in [-0.05, 0) is 68.0 Å². The van der Waals surface area contributed by atoms with Gasteiger partial charge in [-0.25, -0.2) is 14.2 Å². The number of hydrogen-bond donors (Lipinski definition) is 3. The van der Waals surface area contributed by atoms with Gasteiger partial charge in [0, 0.05) is 68.9 Å². The fourth-order valence-electron chi connectivity index (χ4n) is 8.95. The van der Waals surface area contributed by atoms with Crippen molar-refractivity contribution in [2.24, 2.45) is 0 Å². The maximum atomic E-state index is 13.8. The summed E-state index contributed by atoms with van der Waals surface area (Å²) in [6.45, 7) is 7.71. The van der Waals surface area contributed by atoms with Crippen molar-refractivity contribution in [3.05, 3.63) is 58.7 Å². The average molecular weight is 619 g/mol. The molecule has 1 saturated carbocycles. The van der Waals surface area contributed by atoms with E-state index in [0.717, 1.165) is 36.2 Å². The Morgan fingerprint density at radius 3 is 2.38 bits per heavy atom. The third-order valence-corrected chi connectivity index (χ3v) is 11.3. The van der Waals surface area contributed by atoms with Gasteiger partial charge in [-0.2, -0.15) is 4.79 Å². The Morgan fingerprint density at radius 1 is 1.02 bits per heavy atom. The largest absolute Gasteiger partial charge is 0.515 e. The van der Waals surface area contributed by atoms with Crippen molar-refractivity contribution < 1.29 is 29.1 Å². The normalized spacial score (nSPS) is 28.4. The summed E-state index contributed by atoms with van der Waals surface area (Å²) in [5, 5.41) is 24.8. The molecule has 3 heterocycles. The number of nitrogens with one attached hydrogen (secondary N) is 1.